The van der Waals surface area contributed by atoms with Crippen molar-refractivity contribution >= 4 is 0 Å². The monoisotopic (exact) mass is 398 g/mol. The molecule has 2 aromatic carbocycles. The van der Waals surface area contributed by atoms with Gasteiger partial charge >= 0.3 is 0 Å². The molecule has 0 fully saturated rings. The summed E-state index contributed by atoms with van der Waals surface area (Å²) in [5.41, 5.74) is 8.63. The van der Waals surface area contributed by atoms with Crippen LogP contribution in [0.25, 0.3) is 0 Å². The number of hydrogen-bond donors (Lipinski definition) is 1. The average molecular weight is 399 g/mol. The van der Waals surface area contributed by atoms with Gasteiger partial charge in [-0.2, -0.15) is 0 Å². The molecule has 0 bridgehead atoms. The summed E-state index contributed by atoms with van der Waals surface area (Å²) >= 11 is 0. The summed E-state index contributed by atoms with van der Waals surface area (Å²) < 4.78 is 10.7. The lowest BCUT2D eigenvalue weighted by atomic mass is 10.1. The third-order valence-electron chi connectivity index (χ3n) is 5.28. The second-order valence-corrected chi connectivity index (χ2v) is 7.87. The van der Waals surface area contributed by atoms with Crippen molar-refractivity contribution in [2.45, 2.75) is 51.5 Å². The molecule has 0 aliphatic carbocycles. The number of benzene rings is 2. The Balaban J connectivity index is 1.81. The van der Waals surface area contributed by atoms with Crippen molar-refractivity contribution in [2.75, 3.05) is 33.9 Å². The molecule has 160 valence electrons. The smallest absolute Gasteiger partial charge is 0.119 e. The van der Waals surface area contributed by atoms with Crippen LogP contribution in [0.15, 0.2) is 48.5 Å². The third kappa shape index (κ3) is 9.33. The van der Waals surface area contributed by atoms with Crippen LogP contribution in [0, 0.1) is 0 Å². The fourth-order valence-electron chi connectivity index (χ4n) is 3.64. The minimum Gasteiger partial charge on any atom is -0.497 e. The lowest BCUT2D eigenvalue weighted by Crippen LogP contribution is -2.29. The van der Waals surface area contributed by atoms with Gasteiger partial charge in [0.05, 0.1) is 14.2 Å². The first-order valence-corrected chi connectivity index (χ1v) is 10.8. The van der Waals surface area contributed by atoms with Crippen LogP contribution in [0.1, 0.15) is 43.7 Å². The summed E-state index contributed by atoms with van der Waals surface area (Å²) in [6.07, 6.45) is 6.72. The van der Waals surface area contributed by atoms with Gasteiger partial charge in [-0.1, -0.05) is 24.3 Å². The fourth-order valence-corrected chi connectivity index (χ4v) is 3.64. The molecule has 1 unspecified atom stereocenters. The molecule has 0 aliphatic rings. The lowest BCUT2D eigenvalue weighted by molar-refractivity contribution is 0.259. The summed E-state index contributed by atoms with van der Waals surface area (Å²) in [7, 11) is 3.45. The number of methoxy groups -OCH3 is 2. The molecule has 0 amide bonds. The molecular weight excluding hydrogens is 360 g/mol. The van der Waals surface area contributed by atoms with Gasteiger partial charge in [-0.3, -0.25) is 0 Å². The molecule has 0 saturated carbocycles. The molecule has 4 nitrogen and oxygen atoms in total. The molecule has 0 heterocycles. The molecule has 0 aromatic heterocycles. The molecule has 0 saturated heterocycles. The molecular formula is C25H38N2O2. The van der Waals surface area contributed by atoms with Crippen LogP contribution in [0.4, 0.5) is 0 Å². The van der Waals surface area contributed by atoms with E-state index in [1.54, 1.807) is 14.2 Å². The fraction of sp³-hybridized carbons (Fsp3) is 0.520. The lowest BCUT2D eigenvalue weighted by Gasteiger charge is -2.23. The average Bonchev–Trinajstić information content (AvgIpc) is 2.73. The zero-order chi connectivity index (χ0) is 20.9. The van der Waals surface area contributed by atoms with Crippen molar-refractivity contribution in [1.82, 2.24) is 4.90 Å². The molecule has 0 spiro atoms. The summed E-state index contributed by atoms with van der Waals surface area (Å²) in [6.45, 7) is 5.45. The molecule has 0 aliphatic heterocycles. The van der Waals surface area contributed by atoms with E-state index in [0.717, 1.165) is 69.7 Å². The molecule has 1 atom stereocenters. The standard InChI is InChI=1S/C25H38N2O2/c1-21(26)9-6-16-27(17-7-12-22-10-4-14-24(19-22)28-2)18-8-13-23-11-5-15-25(20-23)29-3/h4-5,10-11,14-15,19-21H,6-9,12-13,16-18,26H2,1-3H3. The van der Waals surface area contributed by atoms with Gasteiger partial charge < -0.3 is 20.1 Å². The highest BCUT2D eigenvalue weighted by Gasteiger charge is 2.07. The van der Waals surface area contributed by atoms with Gasteiger partial charge in [0.15, 0.2) is 0 Å². The summed E-state index contributed by atoms with van der Waals surface area (Å²) in [4.78, 5) is 2.60. The quantitative estimate of drug-likeness (QED) is 0.501. The Bertz CT molecular complexity index is 649. The molecule has 2 aromatic rings. The van der Waals surface area contributed by atoms with Crippen LogP contribution < -0.4 is 15.2 Å². The Kier molecular flexibility index (Phi) is 10.6. The highest BCUT2D eigenvalue weighted by Crippen LogP contribution is 2.16. The van der Waals surface area contributed by atoms with Gasteiger partial charge in [-0.25, -0.2) is 0 Å². The minimum absolute atomic E-state index is 0.283. The highest BCUT2D eigenvalue weighted by molar-refractivity contribution is 5.29. The van der Waals surface area contributed by atoms with E-state index in [4.69, 9.17) is 15.2 Å². The second-order valence-electron chi connectivity index (χ2n) is 7.87. The summed E-state index contributed by atoms with van der Waals surface area (Å²) in [5.74, 6) is 1.88. The van der Waals surface area contributed by atoms with Crippen molar-refractivity contribution < 1.29 is 9.47 Å². The van der Waals surface area contributed by atoms with Gasteiger partial charge in [-0.15, -0.1) is 0 Å². The van der Waals surface area contributed by atoms with E-state index in [1.165, 1.54) is 11.1 Å². The highest BCUT2D eigenvalue weighted by atomic mass is 16.5. The number of rotatable bonds is 14. The summed E-state index contributed by atoms with van der Waals surface area (Å²) in [5, 5.41) is 0. The van der Waals surface area contributed by atoms with Gasteiger partial charge in [-0.05, 0) is 100 Å². The van der Waals surface area contributed by atoms with Gasteiger partial charge in [0.2, 0.25) is 0 Å². The second kappa shape index (κ2) is 13.2. The van der Waals surface area contributed by atoms with Crippen LogP contribution in [-0.2, 0) is 12.8 Å². The normalized spacial score (nSPS) is 12.2. The zero-order valence-corrected chi connectivity index (χ0v) is 18.4. The van der Waals surface area contributed by atoms with E-state index in [2.05, 4.69) is 48.2 Å². The molecule has 2 rings (SSSR count). The summed E-state index contributed by atoms with van der Waals surface area (Å²) in [6, 6.07) is 17.1. The van der Waals surface area contributed by atoms with Gasteiger partial charge in [0, 0.05) is 6.04 Å². The molecule has 0 radical (unpaired) electrons. The van der Waals surface area contributed by atoms with E-state index in [9.17, 15) is 0 Å². The Morgan fingerprint density at radius 1 is 0.793 bits per heavy atom. The largest absolute Gasteiger partial charge is 0.497 e. The van der Waals surface area contributed by atoms with E-state index < -0.39 is 0 Å². The third-order valence-corrected chi connectivity index (χ3v) is 5.28. The van der Waals surface area contributed by atoms with Gasteiger partial charge in [0.25, 0.3) is 0 Å². The van der Waals surface area contributed by atoms with Crippen molar-refractivity contribution in [3.8, 4) is 11.5 Å². The zero-order valence-electron chi connectivity index (χ0n) is 18.4. The SMILES string of the molecule is COc1cccc(CCCN(CCCc2cccc(OC)c2)CCCC(C)N)c1. The Labute approximate surface area is 177 Å². The topological polar surface area (TPSA) is 47.7 Å². The number of nitrogens with two attached hydrogens (primary N) is 1. The predicted molar refractivity (Wildman–Crippen MR) is 122 cm³/mol. The van der Waals surface area contributed by atoms with Crippen molar-refractivity contribution in [2.24, 2.45) is 5.73 Å². The molecule has 2 N–H and O–H groups in total. The molecule has 4 heteroatoms. The van der Waals surface area contributed by atoms with E-state index >= 15 is 0 Å². The van der Waals surface area contributed by atoms with Gasteiger partial charge in [0.1, 0.15) is 11.5 Å². The number of ether oxygens (including phenoxy) is 2. The van der Waals surface area contributed by atoms with Crippen molar-refractivity contribution in [1.29, 1.82) is 0 Å². The number of nitrogens with zero attached hydrogens (tertiary/aromatic N) is 1. The van der Waals surface area contributed by atoms with Crippen LogP contribution in [0.3, 0.4) is 0 Å². The minimum atomic E-state index is 0.283. The van der Waals surface area contributed by atoms with Crippen LogP contribution in [0.2, 0.25) is 0 Å². The van der Waals surface area contributed by atoms with E-state index in [1.807, 2.05) is 12.1 Å². The van der Waals surface area contributed by atoms with Crippen LogP contribution >= 0.6 is 0 Å². The first kappa shape index (κ1) is 23.2. The maximum absolute atomic E-state index is 5.94. The Morgan fingerprint density at radius 2 is 1.28 bits per heavy atom. The Hall–Kier alpha value is -2.04. The maximum Gasteiger partial charge on any atom is 0.119 e. The molecule has 29 heavy (non-hydrogen) atoms. The first-order valence-electron chi connectivity index (χ1n) is 10.8. The predicted octanol–water partition coefficient (Wildman–Crippen LogP) is 4.70. The Morgan fingerprint density at radius 3 is 1.72 bits per heavy atom. The van der Waals surface area contributed by atoms with Crippen LogP contribution in [0.5, 0.6) is 11.5 Å². The number of aryl methyl sites for hydroxylation is 2. The maximum atomic E-state index is 5.94. The van der Waals surface area contributed by atoms with Crippen molar-refractivity contribution in [3.63, 3.8) is 0 Å². The van der Waals surface area contributed by atoms with E-state index in [0.29, 0.717) is 0 Å². The van der Waals surface area contributed by atoms with Crippen LogP contribution in [-0.4, -0.2) is 44.8 Å². The number of hydrogen-bond acceptors (Lipinski definition) is 4. The van der Waals surface area contributed by atoms with E-state index in [-0.39, 0.29) is 6.04 Å². The van der Waals surface area contributed by atoms with Crippen molar-refractivity contribution in [3.05, 3.63) is 59.7 Å². The first-order chi connectivity index (χ1) is 14.1.